The number of H-pyrrole nitrogens is 1. The molecule has 1 aromatic carbocycles. The van der Waals surface area contributed by atoms with Gasteiger partial charge in [0.15, 0.2) is 0 Å². The number of hydrogen-bond donors (Lipinski definition) is 2. The van der Waals surface area contributed by atoms with E-state index in [-0.39, 0.29) is 24.5 Å². The van der Waals surface area contributed by atoms with Crippen molar-refractivity contribution in [1.29, 1.82) is 0 Å². The molecule has 1 aliphatic heterocycles. The number of piperidine rings is 1. The van der Waals surface area contributed by atoms with E-state index in [0.29, 0.717) is 18.4 Å². The summed E-state index contributed by atoms with van der Waals surface area (Å²) in [6.45, 7) is 3.95. The number of benzene rings is 1. The predicted octanol–water partition coefficient (Wildman–Crippen LogP) is 2.82. The molecule has 0 saturated carbocycles. The fraction of sp³-hybridized carbons (Fsp3) is 0.550. The summed E-state index contributed by atoms with van der Waals surface area (Å²) in [5, 5.41) is 10.6. The molecule has 1 fully saturated rings. The van der Waals surface area contributed by atoms with Crippen molar-refractivity contribution in [2.24, 2.45) is 11.8 Å². The number of aromatic amines is 1. The average Bonchev–Trinajstić information content (AvgIpc) is 3.03. The Kier molecular flexibility index (Phi) is 4.29. The van der Waals surface area contributed by atoms with E-state index >= 15 is 0 Å². The highest BCUT2D eigenvalue weighted by molar-refractivity contribution is 5.92. The van der Waals surface area contributed by atoms with E-state index in [2.05, 4.69) is 28.9 Å². The van der Waals surface area contributed by atoms with E-state index in [1.165, 1.54) is 7.11 Å². The fourth-order valence-corrected chi connectivity index (χ4v) is 5.10. The summed E-state index contributed by atoms with van der Waals surface area (Å²) in [6, 6.07) is 8.45. The predicted molar refractivity (Wildman–Crippen MR) is 96.3 cm³/mol. The van der Waals surface area contributed by atoms with Gasteiger partial charge in [0.1, 0.15) is 0 Å². The first kappa shape index (κ1) is 16.6. The van der Waals surface area contributed by atoms with Gasteiger partial charge in [-0.3, -0.25) is 9.69 Å². The Morgan fingerprint density at radius 1 is 1.40 bits per heavy atom. The summed E-state index contributed by atoms with van der Waals surface area (Å²) >= 11 is 0. The molecule has 0 unspecified atom stereocenters. The van der Waals surface area contributed by atoms with Crippen molar-refractivity contribution >= 4 is 16.9 Å². The number of likely N-dealkylation sites (tertiary alicyclic amines) is 1. The number of methoxy groups -OCH3 is 1. The quantitative estimate of drug-likeness (QED) is 0.839. The number of para-hydroxylation sites is 1. The van der Waals surface area contributed by atoms with Crippen molar-refractivity contribution in [1.82, 2.24) is 9.88 Å². The second-order valence-corrected chi connectivity index (χ2v) is 7.30. The Hall–Kier alpha value is -1.85. The molecule has 2 bridgehead atoms. The molecular weight excluding hydrogens is 316 g/mol. The normalized spacial score (nSPS) is 28.8. The molecule has 4 atom stereocenters. The molecule has 0 amide bonds. The van der Waals surface area contributed by atoms with Gasteiger partial charge in [-0.2, -0.15) is 0 Å². The largest absolute Gasteiger partial charge is 0.469 e. The highest BCUT2D eigenvalue weighted by Crippen LogP contribution is 2.53. The standard InChI is InChI=1S/C20H26N2O3/c1-3-12-11-22(8-9-23)16-10-14(12)18(20(24)25-2)17-13-6-4-5-7-15(13)21-19(16)17/h4-7,12,14,16,18,21,23H,3,8-11H2,1-2H3/t12-,14+,16+,18+/m0/s1. The van der Waals surface area contributed by atoms with Gasteiger partial charge in [-0.05, 0) is 29.9 Å². The van der Waals surface area contributed by atoms with Gasteiger partial charge in [0.25, 0.3) is 0 Å². The SMILES string of the molecule is CC[C@H]1CN(CCO)[C@@H]2C[C@H]1[C@@H](C(=O)OC)c1c2[nH]c2ccccc12. The number of fused-ring (bicyclic) bond motifs is 6. The lowest BCUT2D eigenvalue weighted by Gasteiger charge is -2.49. The number of esters is 1. The van der Waals surface area contributed by atoms with E-state index < -0.39 is 0 Å². The van der Waals surface area contributed by atoms with Crippen LogP contribution in [0.25, 0.3) is 10.9 Å². The Balaban J connectivity index is 1.92. The molecule has 5 nitrogen and oxygen atoms in total. The van der Waals surface area contributed by atoms with E-state index in [4.69, 9.17) is 4.74 Å². The maximum atomic E-state index is 12.8. The van der Waals surface area contributed by atoms with Crippen LogP contribution in [0.4, 0.5) is 0 Å². The number of nitrogens with one attached hydrogen (secondary N) is 1. The maximum Gasteiger partial charge on any atom is 0.313 e. The Morgan fingerprint density at radius 2 is 2.20 bits per heavy atom. The van der Waals surface area contributed by atoms with Crippen LogP contribution in [0.5, 0.6) is 0 Å². The van der Waals surface area contributed by atoms with Crippen LogP contribution < -0.4 is 0 Å². The van der Waals surface area contributed by atoms with Gasteiger partial charge in [0, 0.05) is 29.7 Å². The van der Waals surface area contributed by atoms with Crippen LogP contribution in [0.3, 0.4) is 0 Å². The Morgan fingerprint density at radius 3 is 2.92 bits per heavy atom. The number of carbonyl (C=O) groups is 1. The lowest BCUT2D eigenvalue weighted by molar-refractivity contribution is -0.146. The third kappa shape index (κ3) is 2.49. The van der Waals surface area contributed by atoms with Crippen molar-refractivity contribution in [3.8, 4) is 0 Å². The number of ether oxygens (including phenoxy) is 1. The molecule has 2 N–H and O–H groups in total. The van der Waals surface area contributed by atoms with Gasteiger partial charge < -0.3 is 14.8 Å². The molecule has 1 aromatic heterocycles. The molecular formula is C20H26N2O3. The molecule has 1 aliphatic carbocycles. The number of nitrogens with zero attached hydrogens (tertiary/aromatic N) is 1. The van der Waals surface area contributed by atoms with E-state index in [9.17, 15) is 9.90 Å². The van der Waals surface area contributed by atoms with Crippen molar-refractivity contribution in [2.75, 3.05) is 26.8 Å². The molecule has 25 heavy (non-hydrogen) atoms. The van der Waals surface area contributed by atoms with Crippen LogP contribution >= 0.6 is 0 Å². The van der Waals surface area contributed by atoms with Crippen LogP contribution in [-0.4, -0.2) is 47.8 Å². The summed E-state index contributed by atoms with van der Waals surface area (Å²) in [6.07, 6.45) is 1.97. The number of rotatable bonds is 4. The number of aliphatic hydroxyl groups excluding tert-OH is 1. The van der Waals surface area contributed by atoms with Gasteiger partial charge in [-0.15, -0.1) is 0 Å². The zero-order chi connectivity index (χ0) is 17.6. The molecule has 0 radical (unpaired) electrons. The van der Waals surface area contributed by atoms with E-state index in [0.717, 1.165) is 41.5 Å². The fourth-order valence-electron chi connectivity index (χ4n) is 5.10. The third-order valence-electron chi connectivity index (χ3n) is 6.23. The summed E-state index contributed by atoms with van der Waals surface area (Å²) in [5.41, 5.74) is 3.33. The minimum absolute atomic E-state index is 0.122. The van der Waals surface area contributed by atoms with Gasteiger partial charge in [0.05, 0.1) is 25.7 Å². The zero-order valence-corrected chi connectivity index (χ0v) is 14.9. The second-order valence-electron chi connectivity index (χ2n) is 7.30. The smallest absolute Gasteiger partial charge is 0.313 e. The van der Waals surface area contributed by atoms with Crippen LogP contribution in [0.2, 0.25) is 0 Å². The Labute approximate surface area is 148 Å². The van der Waals surface area contributed by atoms with Crippen LogP contribution in [0.15, 0.2) is 24.3 Å². The lowest BCUT2D eigenvalue weighted by atomic mass is 9.65. The number of hydrogen-bond acceptors (Lipinski definition) is 4. The number of aliphatic hydroxyl groups is 1. The summed E-state index contributed by atoms with van der Waals surface area (Å²) < 4.78 is 5.22. The Bertz CT molecular complexity index is 784. The molecule has 0 spiro atoms. The van der Waals surface area contributed by atoms with Gasteiger partial charge in [-0.25, -0.2) is 0 Å². The second kappa shape index (κ2) is 6.46. The highest BCUT2D eigenvalue weighted by Gasteiger charge is 2.49. The first-order valence-electron chi connectivity index (χ1n) is 9.22. The van der Waals surface area contributed by atoms with Crippen molar-refractivity contribution < 1.29 is 14.6 Å². The molecule has 2 heterocycles. The zero-order valence-electron chi connectivity index (χ0n) is 14.9. The highest BCUT2D eigenvalue weighted by atomic mass is 16.5. The molecule has 2 aromatic rings. The number of aromatic nitrogens is 1. The van der Waals surface area contributed by atoms with E-state index in [1.807, 2.05) is 12.1 Å². The average molecular weight is 342 g/mol. The first-order valence-corrected chi connectivity index (χ1v) is 9.22. The maximum absolute atomic E-state index is 12.8. The van der Waals surface area contributed by atoms with Crippen LogP contribution in [0, 0.1) is 11.8 Å². The topological polar surface area (TPSA) is 65.6 Å². The summed E-state index contributed by atoms with van der Waals surface area (Å²) in [5.74, 6) is 0.412. The van der Waals surface area contributed by atoms with Crippen molar-refractivity contribution in [2.45, 2.75) is 31.7 Å². The van der Waals surface area contributed by atoms with Crippen molar-refractivity contribution in [3.63, 3.8) is 0 Å². The monoisotopic (exact) mass is 342 g/mol. The number of carbonyl (C=O) groups excluding carboxylic acids is 1. The molecule has 1 saturated heterocycles. The van der Waals surface area contributed by atoms with Crippen molar-refractivity contribution in [3.05, 3.63) is 35.5 Å². The van der Waals surface area contributed by atoms with Gasteiger partial charge in [-0.1, -0.05) is 31.5 Å². The minimum Gasteiger partial charge on any atom is -0.469 e. The van der Waals surface area contributed by atoms with Gasteiger partial charge >= 0.3 is 5.97 Å². The molecule has 134 valence electrons. The van der Waals surface area contributed by atoms with Crippen LogP contribution in [0.1, 0.15) is 43.0 Å². The molecule has 4 rings (SSSR count). The first-order chi connectivity index (χ1) is 12.2. The third-order valence-corrected chi connectivity index (χ3v) is 6.23. The number of β-amino-alcohol motifs (C(OH)–C–C–N with tert-alkyl or cyclic N) is 1. The van der Waals surface area contributed by atoms with Gasteiger partial charge in [0.2, 0.25) is 0 Å². The van der Waals surface area contributed by atoms with E-state index in [1.54, 1.807) is 0 Å². The molecule has 2 aliphatic rings. The van der Waals surface area contributed by atoms with Crippen LogP contribution in [-0.2, 0) is 9.53 Å². The lowest BCUT2D eigenvalue weighted by Crippen LogP contribution is -2.49. The summed E-state index contributed by atoms with van der Waals surface area (Å²) in [4.78, 5) is 18.7. The summed E-state index contributed by atoms with van der Waals surface area (Å²) in [7, 11) is 1.49. The molecule has 5 heteroatoms. The minimum atomic E-state index is -0.200.